The van der Waals surface area contributed by atoms with Gasteiger partial charge in [-0.05, 0) is 93.2 Å². The minimum atomic E-state index is -3.45. The first-order valence-corrected chi connectivity index (χ1v) is 20.2. The number of hydrogen-bond acceptors (Lipinski definition) is 9. The summed E-state index contributed by atoms with van der Waals surface area (Å²) < 4.78 is 25.4. The van der Waals surface area contributed by atoms with Crippen LogP contribution < -0.4 is 10.4 Å². The maximum absolute atomic E-state index is 14.0. The first-order chi connectivity index (χ1) is 24.1. The predicted octanol–water partition coefficient (Wildman–Crippen LogP) is 5.23. The second-order valence-corrected chi connectivity index (χ2v) is 16.7. The number of esters is 1. The molecule has 0 saturated carbocycles. The van der Waals surface area contributed by atoms with Gasteiger partial charge >= 0.3 is 5.97 Å². The summed E-state index contributed by atoms with van der Waals surface area (Å²) in [7, 11) is -3.45. The lowest BCUT2D eigenvalue weighted by Crippen LogP contribution is -2.58. The Kier molecular flexibility index (Phi) is 11.4. The second-order valence-electron chi connectivity index (χ2n) is 13.4. The van der Waals surface area contributed by atoms with Crippen LogP contribution in [-0.4, -0.2) is 88.9 Å². The van der Waals surface area contributed by atoms with Gasteiger partial charge in [0.25, 0.3) is 13.4 Å². The van der Waals surface area contributed by atoms with Gasteiger partial charge < -0.3 is 24.4 Å². The number of rotatable bonds is 13. The number of amides is 3. The Morgan fingerprint density at radius 2 is 1.92 bits per heavy atom. The molecule has 50 heavy (non-hydrogen) atoms. The van der Waals surface area contributed by atoms with Gasteiger partial charge in [-0.3, -0.25) is 28.7 Å². The van der Waals surface area contributed by atoms with Gasteiger partial charge in [0.15, 0.2) is 0 Å². The molecule has 0 spiro atoms. The Bertz CT molecular complexity index is 1760. The number of carbonyl (C=O) groups is 4. The highest BCUT2D eigenvalue weighted by atomic mass is 32.1. The van der Waals surface area contributed by atoms with Crippen LogP contribution in [0.5, 0.6) is 0 Å². The Labute approximate surface area is 296 Å². The molecule has 2 N–H and O–H groups in total. The lowest BCUT2D eigenvalue weighted by molar-refractivity contribution is -0.148. The molecule has 1 aromatic carbocycles. The Morgan fingerprint density at radius 1 is 1.10 bits per heavy atom. The highest BCUT2D eigenvalue weighted by Gasteiger charge is 2.47. The standard InChI is InChI=1S/C36H46N5O7PS/c1-4-16-47-36(45)23(3)39-49(46,48-5-2)22-24-11-14-31-26(17-24)18-32(50-31)33(42)38-29-10-6-9-28-12-13-30(41(28)34(29)43)35(44)40-20-27(21-40)25-8-7-15-37-19-25/h7-8,11,14-15,17-19,23,27-30H,4-6,9-10,12-13,16,20-22H2,1-3H3,(H,38,42)(H,39,46)/t23-,28-,29?,30-,49?/m0/s1. The van der Waals surface area contributed by atoms with Crippen LogP contribution in [0, 0.1) is 0 Å². The van der Waals surface area contributed by atoms with Gasteiger partial charge in [0.1, 0.15) is 18.1 Å². The first-order valence-electron chi connectivity index (χ1n) is 17.6. The van der Waals surface area contributed by atoms with E-state index in [0.29, 0.717) is 37.2 Å². The molecule has 3 aromatic rings. The van der Waals surface area contributed by atoms with E-state index in [2.05, 4.69) is 15.4 Å². The summed E-state index contributed by atoms with van der Waals surface area (Å²) in [6.07, 6.45) is 7.85. The molecule has 0 radical (unpaired) electrons. The normalized spacial score (nSPS) is 22.7. The van der Waals surface area contributed by atoms with Crippen molar-refractivity contribution >= 4 is 52.6 Å². The van der Waals surface area contributed by atoms with Crippen molar-refractivity contribution in [3.05, 3.63) is 64.8 Å². The van der Waals surface area contributed by atoms with Crippen molar-refractivity contribution in [2.75, 3.05) is 26.3 Å². The quantitative estimate of drug-likeness (QED) is 0.179. The molecule has 268 valence electrons. The van der Waals surface area contributed by atoms with Gasteiger partial charge in [-0.1, -0.05) is 19.1 Å². The van der Waals surface area contributed by atoms with Crippen molar-refractivity contribution in [3.8, 4) is 0 Å². The molecule has 3 aliphatic heterocycles. The summed E-state index contributed by atoms with van der Waals surface area (Å²) in [5.41, 5.74) is 1.84. The Hall–Kier alpha value is -3.64. The van der Waals surface area contributed by atoms with Gasteiger partial charge in [0, 0.05) is 42.1 Å². The molecule has 3 fully saturated rings. The van der Waals surface area contributed by atoms with Crippen molar-refractivity contribution < 1.29 is 33.0 Å². The lowest BCUT2D eigenvalue weighted by atomic mass is 9.92. The molecule has 2 aromatic heterocycles. The number of aromatic nitrogens is 1. The molecule has 5 heterocycles. The summed E-state index contributed by atoms with van der Waals surface area (Å²) in [5.74, 6) is -0.768. The summed E-state index contributed by atoms with van der Waals surface area (Å²) in [6.45, 7) is 6.97. The molecule has 2 unspecified atom stereocenters. The third-order valence-corrected chi connectivity index (χ3v) is 13.1. The van der Waals surface area contributed by atoms with E-state index >= 15 is 0 Å². The predicted molar refractivity (Wildman–Crippen MR) is 191 cm³/mol. The molecular weight excluding hydrogens is 677 g/mol. The minimum absolute atomic E-state index is 0.00335. The zero-order valence-corrected chi connectivity index (χ0v) is 30.5. The topological polar surface area (TPSA) is 147 Å². The fraction of sp³-hybridized carbons (Fsp3) is 0.528. The molecule has 5 atom stereocenters. The van der Waals surface area contributed by atoms with Gasteiger partial charge in [-0.15, -0.1) is 11.3 Å². The van der Waals surface area contributed by atoms with Gasteiger partial charge in [0.2, 0.25) is 11.8 Å². The summed E-state index contributed by atoms with van der Waals surface area (Å²) in [5, 5.41) is 6.65. The SMILES string of the molecule is CCCOC(=O)[C@H](C)NP(=O)(Cc1ccc2sc(C(=O)NC3CCC[C@H]4CC[C@@H](C(=O)N5CC(c6cccnc6)C5)N4C3=O)cc2c1)OCC. The summed E-state index contributed by atoms with van der Waals surface area (Å²) >= 11 is 1.32. The minimum Gasteiger partial charge on any atom is -0.465 e. The number of ether oxygens (including phenoxy) is 1. The number of nitrogens with zero attached hydrogens (tertiary/aromatic N) is 3. The maximum atomic E-state index is 14.0. The fourth-order valence-corrected chi connectivity index (χ4v) is 10.2. The van der Waals surface area contributed by atoms with E-state index in [0.717, 1.165) is 40.5 Å². The molecule has 6 rings (SSSR count). The number of hydrogen-bond donors (Lipinski definition) is 2. The van der Waals surface area contributed by atoms with Crippen LogP contribution in [-0.2, 0) is 34.4 Å². The van der Waals surface area contributed by atoms with Gasteiger partial charge in [0.05, 0.1) is 24.3 Å². The highest BCUT2D eigenvalue weighted by Crippen LogP contribution is 2.47. The largest absolute Gasteiger partial charge is 0.465 e. The van der Waals surface area contributed by atoms with Crippen LogP contribution >= 0.6 is 18.9 Å². The number of carbonyl (C=O) groups excluding carboxylic acids is 4. The third kappa shape index (κ3) is 7.96. The van der Waals surface area contributed by atoms with E-state index in [-0.39, 0.29) is 49.1 Å². The summed E-state index contributed by atoms with van der Waals surface area (Å²) in [6, 6.07) is 9.26. The smallest absolute Gasteiger partial charge is 0.323 e. The molecular formula is C36H46N5O7PS. The third-order valence-electron chi connectivity index (χ3n) is 9.75. The zero-order chi connectivity index (χ0) is 35.4. The molecule has 14 heteroatoms. The van der Waals surface area contributed by atoms with Crippen LogP contribution in [0.3, 0.4) is 0 Å². The van der Waals surface area contributed by atoms with Crippen molar-refractivity contribution in [2.45, 2.75) is 95.5 Å². The van der Waals surface area contributed by atoms with Gasteiger partial charge in [-0.25, -0.2) is 5.09 Å². The molecule has 3 aliphatic rings. The molecule has 3 saturated heterocycles. The first kappa shape index (κ1) is 36.2. The number of likely N-dealkylation sites (tertiary alicyclic amines) is 1. The fourth-order valence-electron chi connectivity index (χ4n) is 7.22. The van der Waals surface area contributed by atoms with Gasteiger partial charge in [-0.2, -0.15) is 0 Å². The number of pyridine rings is 1. The Balaban J connectivity index is 1.10. The lowest BCUT2D eigenvalue weighted by Gasteiger charge is -2.42. The van der Waals surface area contributed by atoms with E-state index in [9.17, 15) is 23.7 Å². The molecule has 0 bridgehead atoms. The molecule has 3 amide bonds. The van der Waals surface area contributed by atoms with Crippen LogP contribution in [0.25, 0.3) is 10.1 Å². The number of thiophene rings is 1. The van der Waals surface area contributed by atoms with E-state index in [1.807, 2.05) is 48.4 Å². The van der Waals surface area contributed by atoms with E-state index in [1.54, 1.807) is 31.0 Å². The van der Waals surface area contributed by atoms with E-state index < -0.39 is 31.6 Å². The van der Waals surface area contributed by atoms with E-state index in [4.69, 9.17) is 9.26 Å². The number of fused-ring (bicyclic) bond motifs is 2. The number of benzene rings is 1. The maximum Gasteiger partial charge on any atom is 0.323 e. The van der Waals surface area contributed by atoms with Crippen molar-refractivity contribution in [1.29, 1.82) is 0 Å². The average Bonchev–Trinajstić information content (AvgIpc) is 3.67. The number of nitrogens with one attached hydrogen (secondary N) is 2. The Morgan fingerprint density at radius 3 is 2.66 bits per heavy atom. The zero-order valence-electron chi connectivity index (χ0n) is 28.8. The van der Waals surface area contributed by atoms with E-state index in [1.165, 1.54) is 11.3 Å². The van der Waals surface area contributed by atoms with Crippen molar-refractivity contribution in [1.82, 2.24) is 25.2 Å². The average molecular weight is 724 g/mol. The summed E-state index contributed by atoms with van der Waals surface area (Å²) in [4.78, 5) is 61.7. The van der Waals surface area contributed by atoms with Crippen LogP contribution in [0.4, 0.5) is 0 Å². The van der Waals surface area contributed by atoms with Crippen LogP contribution in [0.2, 0.25) is 0 Å². The van der Waals surface area contributed by atoms with Crippen molar-refractivity contribution in [3.63, 3.8) is 0 Å². The molecule has 0 aliphatic carbocycles. The monoisotopic (exact) mass is 723 g/mol. The highest BCUT2D eigenvalue weighted by molar-refractivity contribution is 7.56. The van der Waals surface area contributed by atoms with Crippen LogP contribution in [0.15, 0.2) is 48.8 Å². The second kappa shape index (κ2) is 15.7. The molecule has 12 nitrogen and oxygen atoms in total. The van der Waals surface area contributed by atoms with Crippen molar-refractivity contribution in [2.24, 2.45) is 0 Å². The van der Waals surface area contributed by atoms with Crippen LogP contribution in [0.1, 0.15) is 86.0 Å².